The summed E-state index contributed by atoms with van der Waals surface area (Å²) in [6.45, 7) is 3.99. The van der Waals surface area contributed by atoms with E-state index in [0.29, 0.717) is 6.54 Å². The SMILES string of the molecule is CC(C)[C@@H](NC(=O)N1CCCCC1CO)C(=O)O. The number of carbonyl (C=O) groups is 2. The van der Waals surface area contributed by atoms with Crippen LogP contribution in [0.5, 0.6) is 0 Å². The van der Waals surface area contributed by atoms with Crippen molar-refractivity contribution >= 4 is 12.0 Å². The lowest BCUT2D eigenvalue weighted by atomic mass is 10.0. The average Bonchev–Trinajstić information content (AvgIpc) is 2.34. The number of carboxylic acids is 1. The molecule has 2 atom stereocenters. The Morgan fingerprint density at radius 1 is 1.39 bits per heavy atom. The first-order valence-corrected chi connectivity index (χ1v) is 6.38. The molecule has 1 rings (SSSR count). The third-order valence-electron chi connectivity index (χ3n) is 3.31. The molecule has 0 aromatic carbocycles. The van der Waals surface area contributed by atoms with E-state index >= 15 is 0 Å². The van der Waals surface area contributed by atoms with Crippen LogP contribution in [0.25, 0.3) is 0 Å². The molecule has 0 aromatic heterocycles. The van der Waals surface area contributed by atoms with Crippen molar-refractivity contribution in [2.45, 2.75) is 45.2 Å². The molecular weight excluding hydrogens is 236 g/mol. The molecule has 0 spiro atoms. The zero-order valence-corrected chi connectivity index (χ0v) is 10.9. The van der Waals surface area contributed by atoms with Gasteiger partial charge in [0.1, 0.15) is 6.04 Å². The van der Waals surface area contributed by atoms with E-state index in [9.17, 15) is 14.7 Å². The lowest BCUT2D eigenvalue weighted by Crippen LogP contribution is -2.55. The number of aliphatic hydroxyl groups is 1. The molecule has 0 aliphatic carbocycles. The highest BCUT2D eigenvalue weighted by atomic mass is 16.4. The van der Waals surface area contributed by atoms with E-state index in [-0.39, 0.29) is 18.6 Å². The summed E-state index contributed by atoms with van der Waals surface area (Å²) in [4.78, 5) is 24.6. The number of nitrogens with one attached hydrogen (secondary N) is 1. The third-order valence-corrected chi connectivity index (χ3v) is 3.31. The molecule has 2 amide bonds. The molecule has 6 nitrogen and oxygen atoms in total. The van der Waals surface area contributed by atoms with Crippen LogP contribution >= 0.6 is 0 Å². The van der Waals surface area contributed by atoms with Crippen LogP contribution in [0.2, 0.25) is 0 Å². The van der Waals surface area contributed by atoms with Gasteiger partial charge in [-0.3, -0.25) is 0 Å². The number of nitrogens with zero attached hydrogens (tertiary/aromatic N) is 1. The van der Waals surface area contributed by atoms with E-state index < -0.39 is 18.0 Å². The lowest BCUT2D eigenvalue weighted by molar-refractivity contribution is -0.140. The Balaban J connectivity index is 2.64. The van der Waals surface area contributed by atoms with Crippen molar-refractivity contribution in [2.24, 2.45) is 5.92 Å². The molecule has 6 heteroatoms. The molecule has 0 aromatic rings. The molecular formula is C12H22N2O4. The van der Waals surface area contributed by atoms with E-state index in [1.807, 2.05) is 0 Å². The fraction of sp³-hybridized carbons (Fsp3) is 0.833. The summed E-state index contributed by atoms with van der Waals surface area (Å²) in [5.41, 5.74) is 0. The number of amides is 2. The smallest absolute Gasteiger partial charge is 0.326 e. The quantitative estimate of drug-likeness (QED) is 0.690. The molecule has 1 saturated heterocycles. The van der Waals surface area contributed by atoms with Crippen LogP contribution in [0.3, 0.4) is 0 Å². The third kappa shape index (κ3) is 3.60. The minimum absolute atomic E-state index is 0.0766. The van der Waals surface area contributed by atoms with Crippen LogP contribution in [0.4, 0.5) is 4.79 Å². The van der Waals surface area contributed by atoms with Crippen molar-refractivity contribution < 1.29 is 19.8 Å². The molecule has 1 fully saturated rings. The topological polar surface area (TPSA) is 89.9 Å². The van der Waals surface area contributed by atoms with Crippen molar-refractivity contribution in [1.29, 1.82) is 0 Å². The Labute approximate surface area is 107 Å². The molecule has 0 saturated carbocycles. The maximum atomic E-state index is 12.0. The van der Waals surface area contributed by atoms with E-state index in [0.717, 1.165) is 19.3 Å². The predicted octanol–water partition coefficient (Wildman–Crippen LogP) is 0.652. The minimum Gasteiger partial charge on any atom is -0.480 e. The largest absolute Gasteiger partial charge is 0.480 e. The van der Waals surface area contributed by atoms with Crippen molar-refractivity contribution in [2.75, 3.05) is 13.2 Å². The summed E-state index contributed by atoms with van der Waals surface area (Å²) in [5.74, 6) is -1.21. The number of aliphatic hydroxyl groups excluding tert-OH is 1. The Morgan fingerprint density at radius 3 is 2.56 bits per heavy atom. The Morgan fingerprint density at radius 2 is 2.06 bits per heavy atom. The van der Waals surface area contributed by atoms with Gasteiger partial charge in [0, 0.05) is 6.54 Å². The first-order valence-electron chi connectivity index (χ1n) is 6.38. The van der Waals surface area contributed by atoms with Crippen molar-refractivity contribution in [3.8, 4) is 0 Å². The molecule has 1 aliphatic heterocycles. The second kappa shape index (κ2) is 6.58. The number of urea groups is 1. The summed E-state index contributed by atoms with van der Waals surface area (Å²) < 4.78 is 0. The Kier molecular flexibility index (Phi) is 5.40. The Bertz CT molecular complexity index is 306. The second-order valence-corrected chi connectivity index (χ2v) is 5.03. The molecule has 1 unspecified atom stereocenters. The number of likely N-dealkylation sites (tertiary alicyclic amines) is 1. The number of piperidine rings is 1. The fourth-order valence-corrected chi connectivity index (χ4v) is 2.19. The zero-order chi connectivity index (χ0) is 13.7. The number of rotatable bonds is 4. The molecule has 18 heavy (non-hydrogen) atoms. The van der Waals surface area contributed by atoms with Gasteiger partial charge >= 0.3 is 12.0 Å². The monoisotopic (exact) mass is 258 g/mol. The molecule has 1 aliphatic rings. The first kappa shape index (κ1) is 14.8. The summed E-state index contributed by atoms with van der Waals surface area (Å²) in [6, 6.07) is -1.48. The summed E-state index contributed by atoms with van der Waals surface area (Å²) >= 11 is 0. The van der Waals surface area contributed by atoms with Crippen LogP contribution in [-0.4, -0.2) is 52.3 Å². The van der Waals surface area contributed by atoms with Gasteiger partial charge in [0.05, 0.1) is 12.6 Å². The van der Waals surface area contributed by atoms with E-state index in [2.05, 4.69) is 5.32 Å². The van der Waals surface area contributed by atoms with Crippen LogP contribution < -0.4 is 5.32 Å². The van der Waals surface area contributed by atoms with Crippen molar-refractivity contribution in [1.82, 2.24) is 10.2 Å². The van der Waals surface area contributed by atoms with Gasteiger partial charge in [-0.25, -0.2) is 9.59 Å². The summed E-state index contributed by atoms with van der Waals surface area (Å²) in [5, 5.41) is 20.8. The van der Waals surface area contributed by atoms with Gasteiger partial charge in [-0.2, -0.15) is 0 Å². The Hall–Kier alpha value is -1.30. The maximum Gasteiger partial charge on any atom is 0.326 e. The van der Waals surface area contributed by atoms with Gasteiger partial charge in [0.2, 0.25) is 0 Å². The average molecular weight is 258 g/mol. The summed E-state index contributed by atoms with van der Waals surface area (Å²) in [7, 11) is 0. The molecule has 0 radical (unpaired) electrons. The van der Waals surface area contributed by atoms with Crippen LogP contribution in [0, 0.1) is 5.92 Å². The minimum atomic E-state index is -1.03. The zero-order valence-electron chi connectivity index (χ0n) is 10.9. The predicted molar refractivity (Wildman–Crippen MR) is 66.2 cm³/mol. The highest BCUT2D eigenvalue weighted by molar-refractivity contribution is 5.83. The first-order chi connectivity index (χ1) is 8.47. The van der Waals surface area contributed by atoms with Gasteiger partial charge < -0.3 is 20.4 Å². The number of carbonyl (C=O) groups excluding carboxylic acids is 1. The number of hydrogen-bond donors (Lipinski definition) is 3. The number of carboxylic acid groups (broad SMARTS) is 1. The van der Waals surface area contributed by atoms with Crippen LogP contribution in [0.1, 0.15) is 33.1 Å². The second-order valence-electron chi connectivity index (χ2n) is 5.03. The molecule has 104 valence electrons. The maximum absolute atomic E-state index is 12.0. The number of hydrogen-bond acceptors (Lipinski definition) is 3. The lowest BCUT2D eigenvalue weighted by Gasteiger charge is -2.35. The number of aliphatic carboxylic acids is 1. The van der Waals surface area contributed by atoms with Crippen LogP contribution in [0.15, 0.2) is 0 Å². The van der Waals surface area contributed by atoms with E-state index in [1.54, 1.807) is 18.7 Å². The van der Waals surface area contributed by atoms with E-state index in [4.69, 9.17) is 5.11 Å². The van der Waals surface area contributed by atoms with Gasteiger partial charge in [0.15, 0.2) is 0 Å². The normalized spacial score (nSPS) is 21.8. The van der Waals surface area contributed by atoms with Crippen molar-refractivity contribution in [3.63, 3.8) is 0 Å². The fourth-order valence-electron chi connectivity index (χ4n) is 2.19. The highest BCUT2D eigenvalue weighted by Crippen LogP contribution is 2.17. The summed E-state index contributed by atoms with van der Waals surface area (Å²) in [6.07, 6.45) is 2.65. The molecule has 1 heterocycles. The highest BCUT2D eigenvalue weighted by Gasteiger charge is 2.30. The van der Waals surface area contributed by atoms with Gasteiger partial charge in [0.25, 0.3) is 0 Å². The standard InChI is InChI=1S/C12H22N2O4/c1-8(2)10(11(16)17)13-12(18)14-6-4-3-5-9(14)7-15/h8-10,15H,3-7H2,1-2H3,(H,13,18)(H,16,17)/t9?,10-/m1/s1. The molecule has 3 N–H and O–H groups in total. The van der Waals surface area contributed by atoms with Gasteiger partial charge in [-0.05, 0) is 25.2 Å². The van der Waals surface area contributed by atoms with Crippen LogP contribution in [-0.2, 0) is 4.79 Å². The van der Waals surface area contributed by atoms with Gasteiger partial charge in [-0.15, -0.1) is 0 Å². The van der Waals surface area contributed by atoms with Gasteiger partial charge in [-0.1, -0.05) is 13.8 Å². The van der Waals surface area contributed by atoms with Crippen molar-refractivity contribution in [3.05, 3.63) is 0 Å². The van der Waals surface area contributed by atoms with E-state index in [1.165, 1.54) is 0 Å². The molecule has 0 bridgehead atoms.